The lowest BCUT2D eigenvalue weighted by molar-refractivity contribution is 0.104. The number of ether oxygens (including phenoxy) is 3. The quantitative estimate of drug-likeness (QED) is 0.385. The van der Waals surface area contributed by atoms with Crippen LogP contribution < -0.4 is 14.2 Å². The summed E-state index contributed by atoms with van der Waals surface area (Å²) in [5, 5.41) is 15.6. The molecule has 0 saturated carbocycles. The summed E-state index contributed by atoms with van der Waals surface area (Å²) in [6.45, 7) is 6.24. The second-order valence-electron chi connectivity index (χ2n) is 8.80. The number of piperazine rings is 1. The summed E-state index contributed by atoms with van der Waals surface area (Å²) in [5.74, 6) is 2.43. The fourth-order valence-corrected chi connectivity index (χ4v) is 6.00. The number of thiazole rings is 1. The Morgan fingerprint density at radius 3 is 2.22 bits per heavy atom. The van der Waals surface area contributed by atoms with Crippen molar-refractivity contribution in [2.24, 2.45) is 0 Å². The topological polar surface area (TPSA) is 84.6 Å². The Balaban J connectivity index is 1.51. The van der Waals surface area contributed by atoms with Gasteiger partial charge in [-0.15, -0.1) is 5.10 Å². The first-order chi connectivity index (χ1) is 17.5. The van der Waals surface area contributed by atoms with Gasteiger partial charge >= 0.3 is 0 Å². The molecule has 9 nitrogen and oxygen atoms in total. The van der Waals surface area contributed by atoms with Gasteiger partial charge in [0.1, 0.15) is 5.82 Å². The monoisotopic (exact) mass is 509 g/mol. The minimum absolute atomic E-state index is 0.112. The summed E-state index contributed by atoms with van der Waals surface area (Å²) in [5.41, 5.74) is 2.25. The van der Waals surface area contributed by atoms with Crippen LogP contribution in [0, 0.1) is 6.92 Å². The van der Waals surface area contributed by atoms with Gasteiger partial charge in [-0.25, -0.2) is 4.98 Å². The second kappa shape index (κ2) is 10.3. The molecule has 0 bridgehead atoms. The Morgan fingerprint density at radius 2 is 1.64 bits per heavy atom. The summed E-state index contributed by atoms with van der Waals surface area (Å²) in [7, 11) is 4.82. The highest BCUT2D eigenvalue weighted by atomic mass is 32.1. The number of methoxy groups -OCH3 is 3. The van der Waals surface area contributed by atoms with E-state index in [2.05, 4.69) is 44.1 Å². The van der Waals surface area contributed by atoms with Gasteiger partial charge in [0.05, 0.1) is 32.2 Å². The van der Waals surface area contributed by atoms with E-state index in [4.69, 9.17) is 14.2 Å². The van der Waals surface area contributed by atoms with Crippen LogP contribution in [0.1, 0.15) is 27.9 Å². The molecule has 1 fully saturated rings. The van der Waals surface area contributed by atoms with Gasteiger partial charge in [0.25, 0.3) is 0 Å². The molecule has 0 spiro atoms. The van der Waals surface area contributed by atoms with Gasteiger partial charge in [0.15, 0.2) is 11.5 Å². The van der Waals surface area contributed by atoms with Gasteiger partial charge in [0, 0.05) is 32.7 Å². The first-order valence-electron chi connectivity index (χ1n) is 11.9. The molecule has 0 aliphatic carbocycles. The third-order valence-corrected chi connectivity index (χ3v) is 7.65. The zero-order chi connectivity index (χ0) is 25.2. The highest BCUT2D eigenvalue weighted by Gasteiger charge is 2.33. The predicted octanol–water partition coefficient (Wildman–Crippen LogP) is 3.74. The fourth-order valence-electron chi connectivity index (χ4n) is 4.83. The Labute approximate surface area is 214 Å². The lowest BCUT2D eigenvalue weighted by Gasteiger charge is -2.39. The van der Waals surface area contributed by atoms with Gasteiger partial charge in [-0.05, 0) is 30.2 Å². The Morgan fingerprint density at radius 1 is 0.972 bits per heavy atom. The smallest absolute Gasteiger partial charge is 0.230 e. The van der Waals surface area contributed by atoms with Crippen molar-refractivity contribution in [3.05, 3.63) is 64.3 Å². The van der Waals surface area contributed by atoms with Crippen molar-refractivity contribution in [2.75, 3.05) is 47.5 Å². The molecule has 36 heavy (non-hydrogen) atoms. The number of fused-ring (bicyclic) bond motifs is 1. The maximum Gasteiger partial charge on any atom is 0.230 e. The van der Waals surface area contributed by atoms with Crippen molar-refractivity contribution in [1.82, 2.24) is 24.4 Å². The molecule has 10 heteroatoms. The average Bonchev–Trinajstić information content (AvgIpc) is 3.41. The number of aryl methyl sites for hydroxylation is 1. The maximum absolute atomic E-state index is 11.2. The minimum Gasteiger partial charge on any atom is -0.493 e. The molecule has 5 rings (SSSR count). The average molecular weight is 510 g/mol. The zero-order valence-electron chi connectivity index (χ0n) is 21.0. The molecule has 4 aromatic rings. The van der Waals surface area contributed by atoms with Crippen LogP contribution in [0.2, 0.25) is 0 Å². The normalized spacial score (nSPS) is 15.8. The molecular formula is C26H31N5O4S. The van der Waals surface area contributed by atoms with E-state index in [-0.39, 0.29) is 11.9 Å². The molecule has 190 valence electrons. The number of rotatable bonds is 8. The first-order valence-corrected chi connectivity index (χ1v) is 12.7. The summed E-state index contributed by atoms with van der Waals surface area (Å²) in [6, 6.07) is 14.2. The molecule has 1 saturated heterocycles. The number of aromatic nitrogens is 3. The first kappa shape index (κ1) is 24.4. The standard InChI is InChI=1S/C26H31N5O4S/c1-17-27-26-31(28-17)25(32)24(36-26)22(19-14-20(33-2)23(35-4)21(15-19)34-3)30-12-10-29(11-13-30)16-18-8-6-5-7-9-18/h5-9,14-15,22,32H,10-13,16H2,1-4H3. The molecule has 2 aromatic heterocycles. The third-order valence-electron chi connectivity index (χ3n) is 6.58. The van der Waals surface area contributed by atoms with Crippen molar-refractivity contribution in [1.29, 1.82) is 0 Å². The van der Waals surface area contributed by atoms with E-state index in [1.54, 1.807) is 21.3 Å². The van der Waals surface area contributed by atoms with Crippen molar-refractivity contribution in [3.8, 4) is 23.1 Å². The highest BCUT2D eigenvalue weighted by molar-refractivity contribution is 7.17. The van der Waals surface area contributed by atoms with Gasteiger partial charge in [-0.2, -0.15) is 4.52 Å². The van der Waals surface area contributed by atoms with Gasteiger partial charge in [0.2, 0.25) is 16.6 Å². The van der Waals surface area contributed by atoms with Crippen LogP contribution in [-0.4, -0.2) is 77.0 Å². The molecule has 2 aromatic carbocycles. The van der Waals surface area contributed by atoms with Crippen molar-refractivity contribution >= 4 is 16.3 Å². The minimum atomic E-state index is -0.230. The van der Waals surface area contributed by atoms with Gasteiger partial charge < -0.3 is 19.3 Å². The molecule has 1 unspecified atom stereocenters. The van der Waals surface area contributed by atoms with Crippen LogP contribution in [0.15, 0.2) is 42.5 Å². The molecule has 0 radical (unpaired) electrons. The Bertz CT molecular complexity index is 1310. The molecule has 3 heterocycles. The molecule has 1 N–H and O–H groups in total. The lowest BCUT2D eigenvalue weighted by atomic mass is 10.0. The van der Waals surface area contributed by atoms with Crippen LogP contribution in [0.4, 0.5) is 0 Å². The van der Waals surface area contributed by atoms with Crippen LogP contribution in [0.25, 0.3) is 4.96 Å². The number of hydrogen-bond acceptors (Lipinski definition) is 9. The highest BCUT2D eigenvalue weighted by Crippen LogP contribution is 2.45. The van der Waals surface area contributed by atoms with Gasteiger partial charge in [-0.1, -0.05) is 41.7 Å². The zero-order valence-corrected chi connectivity index (χ0v) is 21.8. The van der Waals surface area contributed by atoms with Gasteiger partial charge in [-0.3, -0.25) is 9.80 Å². The van der Waals surface area contributed by atoms with Crippen LogP contribution in [-0.2, 0) is 6.54 Å². The molecule has 1 aliphatic heterocycles. The number of benzene rings is 2. The number of aromatic hydroxyl groups is 1. The van der Waals surface area contributed by atoms with Crippen LogP contribution in [0.3, 0.4) is 0 Å². The number of hydrogen-bond donors (Lipinski definition) is 1. The lowest BCUT2D eigenvalue weighted by Crippen LogP contribution is -2.47. The van der Waals surface area contributed by atoms with E-state index in [0.29, 0.717) is 28.0 Å². The molecule has 0 amide bonds. The Hall–Kier alpha value is -3.34. The van der Waals surface area contributed by atoms with E-state index in [9.17, 15) is 5.11 Å². The third kappa shape index (κ3) is 4.59. The van der Waals surface area contributed by atoms with Crippen molar-refractivity contribution < 1.29 is 19.3 Å². The summed E-state index contributed by atoms with van der Waals surface area (Å²) in [4.78, 5) is 10.8. The Kier molecular flexibility index (Phi) is 6.99. The van der Waals surface area contributed by atoms with Crippen LogP contribution in [0.5, 0.6) is 23.1 Å². The SMILES string of the molecule is COc1cc(C(c2sc3nc(C)nn3c2O)N2CCN(Cc3ccccc3)CC2)cc(OC)c1OC. The molecular weight excluding hydrogens is 478 g/mol. The van der Waals surface area contributed by atoms with E-state index in [1.165, 1.54) is 21.4 Å². The molecule has 1 atom stereocenters. The summed E-state index contributed by atoms with van der Waals surface area (Å²) >= 11 is 1.45. The van der Waals surface area contributed by atoms with E-state index in [1.807, 2.05) is 25.1 Å². The number of nitrogens with zero attached hydrogens (tertiary/aromatic N) is 5. The van der Waals surface area contributed by atoms with Crippen molar-refractivity contribution in [2.45, 2.75) is 19.5 Å². The predicted molar refractivity (Wildman–Crippen MR) is 138 cm³/mol. The van der Waals surface area contributed by atoms with E-state index < -0.39 is 0 Å². The fraction of sp³-hybridized carbons (Fsp3) is 0.385. The van der Waals surface area contributed by atoms with Crippen LogP contribution >= 0.6 is 11.3 Å². The summed E-state index contributed by atoms with van der Waals surface area (Å²) < 4.78 is 18.4. The van der Waals surface area contributed by atoms with E-state index in [0.717, 1.165) is 43.2 Å². The van der Waals surface area contributed by atoms with Crippen molar-refractivity contribution in [3.63, 3.8) is 0 Å². The maximum atomic E-state index is 11.2. The largest absolute Gasteiger partial charge is 0.493 e. The molecule has 1 aliphatic rings. The summed E-state index contributed by atoms with van der Waals surface area (Å²) in [6.07, 6.45) is 0. The second-order valence-corrected chi connectivity index (χ2v) is 9.81. The van der Waals surface area contributed by atoms with E-state index >= 15 is 0 Å².